The Bertz CT molecular complexity index is 668. The van der Waals surface area contributed by atoms with E-state index in [-0.39, 0.29) is 5.56 Å². The van der Waals surface area contributed by atoms with Crippen LogP contribution in [-0.4, -0.2) is 10.9 Å². The SMILES string of the molecule is [N-]=[N+]=NC(=O)c1cc2ccccc2[nH]c1=O. The molecule has 1 amide bonds. The van der Waals surface area contributed by atoms with Gasteiger partial charge in [0.15, 0.2) is 0 Å². The molecule has 1 N–H and O–H groups in total. The van der Waals surface area contributed by atoms with Crippen LogP contribution < -0.4 is 5.56 Å². The number of carbonyl (C=O) groups is 1. The van der Waals surface area contributed by atoms with Gasteiger partial charge in [0.1, 0.15) is 0 Å². The fraction of sp³-hybridized carbons (Fsp3) is 0. The van der Waals surface area contributed by atoms with Gasteiger partial charge in [-0.2, -0.15) is 0 Å². The van der Waals surface area contributed by atoms with Crippen molar-refractivity contribution in [2.24, 2.45) is 5.11 Å². The third-order valence-corrected chi connectivity index (χ3v) is 2.12. The Morgan fingerprint density at radius 1 is 1.38 bits per heavy atom. The molecule has 6 nitrogen and oxygen atoms in total. The number of hydrogen-bond acceptors (Lipinski definition) is 2. The first-order chi connectivity index (χ1) is 7.72. The van der Waals surface area contributed by atoms with Crippen molar-refractivity contribution in [3.05, 3.63) is 56.7 Å². The molecule has 6 heteroatoms. The summed E-state index contributed by atoms with van der Waals surface area (Å²) in [6.07, 6.45) is 0. The van der Waals surface area contributed by atoms with E-state index in [2.05, 4.69) is 15.0 Å². The van der Waals surface area contributed by atoms with E-state index >= 15 is 0 Å². The normalized spacial score (nSPS) is 9.75. The largest absolute Gasteiger partial charge is 0.321 e. The zero-order valence-electron chi connectivity index (χ0n) is 8.04. The molecule has 0 spiro atoms. The Kier molecular flexibility index (Phi) is 2.41. The van der Waals surface area contributed by atoms with Gasteiger partial charge in [-0.05, 0) is 28.2 Å². The van der Waals surface area contributed by atoms with E-state index in [1.54, 1.807) is 24.3 Å². The first kappa shape index (κ1) is 9.95. The van der Waals surface area contributed by atoms with Crippen molar-refractivity contribution in [3.8, 4) is 0 Å². The number of aromatic amines is 1. The Balaban J connectivity index is 2.72. The summed E-state index contributed by atoms with van der Waals surface area (Å²) >= 11 is 0. The number of pyridine rings is 1. The summed E-state index contributed by atoms with van der Waals surface area (Å²) in [5, 5.41) is 3.59. The molecule has 16 heavy (non-hydrogen) atoms. The maximum Gasteiger partial charge on any atom is 0.259 e. The van der Waals surface area contributed by atoms with E-state index in [1.807, 2.05) is 0 Å². The molecule has 1 aromatic carbocycles. The van der Waals surface area contributed by atoms with Crippen LogP contribution in [0.1, 0.15) is 10.4 Å². The molecule has 2 rings (SSSR count). The van der Waals surface area contributed by atoms with Gasteiger partial charge in [-0.3, -0.25) is 9.59 Å². The van der Waals surface area contributed by atoms with Crippen molar-refractivity contribution in [1.82, 2.24) is 4.98 Å². The van der Waals surface area contributed by atoms with E-state index in [4.69, 9.17) is 5.53 Å². The van der Waals surface area contributed by atoms with Crippen LogP contribution >= 0.6 is 0 Å². The standard InChI is InChI=1S/C10H6N4O2/c11-14-13-10(16)7-5-6-3-1-2-4-8(6)12-9(7)15/h1-5H,(H,12,15). The highest BCUT2D eigenvalue weighted by Gasteiger charge is 2.09. The van der Waals surface area contributed by atoms with Crippen molar-refractivity contribution in [1.29, 1.82) is 0 Å². The first-order valence-electron chi connectivity index (χ1n) is 4.44. The number of H-pyrrole nitrogens is 1. The number of nitrogens with zero attached hydrogens (tertiary/aromatic N) is 3. The molecule has 0 saturated carbocycles. The molecule has 78 valence electrons. The first-order valence-corrected chi connectivity index (χ1v) is 4.44. The summed E-state index contributed by atoms with van der Waals surface area (Å²) in [5.74, 6) is -0.880. The molecule has 0 fully saturated rings. The fourth-order valence-corrected chi connectivity index (χ4v) is 1.40. The highest BCUT2D eigenvalue weighted by molar-refractivity contribution is 5.97. The Labute approximate surface area is 89.2 Å². The van der Waals surface area contributed by atoms with Gasteiger partial charge in [0.2, 0.25) is 0 Å². The molecule has 0 aliphatic rings. The van der Waals surface area contributed by atoms with E-state index in [0.717, 1.165) is 0 Å². The summed E-state index contributed by atoms with van der Waals surface area (Å²) in [7, 11) is 0. The summed E-state index contributed by atoms with van der Waals surface area (Å²) < 4.78 is 0. The van der Waals surface area contributed by atoms with Crippen LogP contribution in [0.2, 0.25) is 0 Å². The number of fused-ring (bicyclic) bond motifs is 1. The van der Waals surface area contributed by atoms with Crippen LogP contribution in [0.3, 0.4) is 0 Å². The summed E-state index contributed by atoms with van der Waals surface area (Å²) in [6.45, 7) is 0. The van der Waals surface area contributed by atoms with Gasteiger partial charge in [0.25, 0.3) is 11.5 Å². The number of carbonyl (C=O) groups excluding carboxylic acids is 1. The molecule has 2 aromatic rings. The number of hydrogen-bond donors (Lipinski definition) is 1. The number of nitrogens with one attached hydrogen (secondary N) is 1. The average Bonchev–Trinajstić information content (AvgIpc) is 2.28. The number of rotatable bonds is 1. The van der Waals surface area contributed by atoms with Crippen molar-refractivity contribution in [3.63, 3.8) is 0 Å². The van der Waals surface area contributed by atoms with Crippen LogP contribution in [0.4, 0.5) is 0 Å². The highest BCUT2D eigenvalue weighted by atomic mass is 16.2. The monoisotopic (exact) mass is 214 g/mol. The Hall–Kier alpha value is -2.59. The van der Waals surface area contributed by atoms with E-state index in [9.17, 15) is 9.59 Å². The molecule has 0 atom stereocenters. The van der Waals surface area contributed by atoms with Gasteiger partial charge in [0, 0.05) is 10.4 Å². The molecule has 1 aromatic heterocycles. The number of benzene rings is 1. The third kappa shape index (κ3) is 1.65. The molecule has 0 aliphatic carbocycles. The maximum absolute atomic E-state index is 11.5. The van der Waals surface area contributed by atoms with E-state index < -0.39 is 11.5 Å². The molecule has 0 aliphatic heterocycles. The topological polar surface area (TPSA) is 98.7 Å². The molecular formula is C10H6N4O2. The van der Waals surface area contributed by atoms with E-state index in [1.165, 1.54) is 6.07 Å². The highest BCUT2D eigenvalue weighted by Crippen LogP contribution is 2.10. The molecular weight excluding hydrogens is 208 g/mol. The van der Waals surface area contributed by atoms with Crippen LogP contribution in [-0.2, 0) is 0 Å². The second-order valence-corrected chi connectivity index (χ2v) is 3.09. The lowest BCUT2D eigenvalue weighted by molar-refractivity contribution is 0.0999. The zero-order chi connectivity index (χ0) is 11.5. The second-order valence-electron chi connectivity index (χ2n) is 3.09. The smallest absolute Gasteiger partial charge is 0.259 e. The number of azide groups is 1. The van der Waals surface area contributed by atoms with Gasteiger partial charge in [-0.15, -0.1) is 0 Å². The summed E-state index contributed by atoms with van der Waals surface area (Å²) in [6, 6.07) is 8.43. The third-order valence-electron chi connectivity index (χ3n) is 2.12. The van der Waals surface area contributed by atoms with Crippen LogP contribution in [0.5, 0.6) is 0 Å². The van der Waals surface area contributed by atoms with Crippen molar-refractivity contribution in [2.75, 3.05) is 0 Å². The molecule has 1 heterocycles. The number of amides is 1. The van der Waals surface area contributed by atoms with Gasteiger partial charge in [-0.25, -0.2) is 0 Å². The number of para-hydroxylation sites is 1. The van der Waals surface area contributed by atoms with Gasteiger partial charge < -0.3 is 4.98 Å². The van der Waals surface area contributed by atoms with Crippen molar-refractivity contribution in [2.45, 2.75) is 0 Å². The molecule has 0 radical (unpaired) electrons. The minimum Gasteiger partial charge on any atom is -0.321 e. The van der Waals surface area contributed by atoms with Crippen LogP contribution in [0.25, 0.3) is 21.3 Å². The molecule has 0 unspecified atom stereocenters. The van der Waals surface area contributed by atoms with Gasteiger partial charge in [-0.1, -0.05) is 18.2 Å². The quantitative estimate of drug-likeness (QED) is 0.446. The average molecular weight is 214 g/mol. The molecule has 0 bridgehead atoms. The van der Waals surface area contributed by atoms with Crippen molar-refractivity contribution >= 4 is 16.8 Å². The fourth-order valence-electron chi connectivity index (χ4n) is 1.40. The van der Waals surface area contributed by atoms with E-state index in [0.29, 0.717) is 10.9 Å². The zero-order valence-corrected chi connectivity index (χ0v) is 8.04. The Morgan fingerprint density at radius 3 is 2.88 bits per heavy atom. The summed E-state index contributed by atoms with van der Waals surface area (Å²) in [5.41, 5.74) is 8.04. The van der Waals surface area contributed by atoms with Gasteiger partial charge in [0.05, 0.1) is 5.56 Å². The predicted molar refractivity (Wildman–Crippen MR) is 58.0 cm³/mol. The molecule has 0 saturated heterocycles. The maximum atomic E-state index is 11.5. The minimum absolute atomic E-state index is 0.156. The van der Waals surface area contributed by atoms with Crippen LogP contribution in [0.15, 0.2) is 40.2 Å². The predicted octanol–water partition coefficient (Wildman–Crippen LogP) is 1.98. The lowest BCUT2D eigenvalue weighted by Gasteiger charge is -1.98. The van der Waals surface area contributed by atoms with Crippen molar-refractivity contribution < 1.29 is 4.79 Å². The second kappa shape index (κ2) is 3.88. The lowest BCUT2D eigenvalue weighted by atomic mass is 10.1. The Morgan fingerprint density at radius 2 is 2.12 bits per heavy atom. The van der Waals surface area contributed by atoms with Gasteiger partial charge >= 0.3 is 0 Å². The minimum atomic E-state index is -0.880. The summed E-state index contributed by atoms with van der Waals surface area (Å²) in [4.78, 5) is 27.7. The lowest BCUT2D eigenvalue weighted by Crippen LogP contribution is -2.15. The van der Waals surface area contributed by atoms with Crippen LogP contribution in [0, 0.1) is 0 Å². The number of aromatic nitrogens is 1.